The number of esters is 1. The van der Waals surface area contributed by atoms with Gasteiger partial charge in [0.05, 0.1) is 11.1 Å². The van der Waals surface area contributed by atoms with Crippen molar-refractivity contribution >= 4 is 36.0 Å². The van der Waals surface area contributed by atoms with E-state index in [0.717, 1.165) is 49.4 Å². The number of aromatic nitrogens is 3. The summed E-state index contributed by atoms with van der Waals surface area (Å²) in [6, 6.07) is 15.1. The molecule has 3 aromatic heterocycles. The monoisotopic (exact) mass is 489 g/mol. The molecule has 1 saturated carbocycles. The van der Waals surface area contributed by atoms with Crippen molar-refractivity contribution in [2.75, 3.05) is 6.61 Å². The van der Waals surface area contributed by atoms with Gasteiger partial charge in [-0.15, -0.1) is 0 Å². The number of fused-ring (bicyclic) bond motifs is 3. The van der Waals surface area contributed by atoms with Gasteiger partial charge in [0.15, 0.2) is 0 Å². The molecule has 0 unspecified atom stereocenters. The van der Waals surface area contributed by atoms with E-state index >= 15 is 0 Å². The van der Waals surface area contributed by atoms with E-state index in [4.69, 9.17) is 14.5 Å². The van der Waals surface area contributed by atoms with Crippen LogP contribution in [-0.2, 0) is 16.2 Å². The molecule has 1 aliphatic carbocycles. The van der Waals surface area contributed by atoms with Gasteiger partial charge in [-0.3, -0.25) is 0 Å². The number of carbonyl (C=O) groups excluding carboxylic acids is 1. The Labute approximate surface area is 207 Å². The Kier molecular flexibility index (Phi) is 6.80. The number of nitrogens with zero attached hydrogens (tertiary/aromatic N) is 3. The fourth-order valence-electron chi connectivity index (χ4n) is 4.97. The number of hydrogen-bond acceptors (Lipinski definition) is 4. The van der Waals surface area contributed by atoms with E-state index in [1.165, 1.54) is 10.9 Å². The van der Waals surface area contributed by atoms with E-state index in [2.05, 4.69) is 53.3 Å². The van der Waals surface area contributed by atoms with Crippen molar-refractivity contribution in [2.45, 2.75) is 70.2 Å². The summed E-state index contributed by atoms with van der Waals surface area (Å²) in [5.41, 5.74) is 2.83. The number of pyridine rings is 1. The lowest BCUT2D eigenvalue weighted by Crippen LogP contribution is -2.25. The van der Waals surface area contributed by atoms with Crippen molar-refractivity contribution in [2.24, 2.45) is 0 Å². The SMILES string of the molecule is C[Si](C)(C)CCOCn1ccc2c1ncc1ccn(C3CCC(OC(=O)c4ccccc4)CC3)c12. The molecule has 0 aliphatic heterocycles. The van der Waals surface area contributed by atoms with Crippen LogP contribution in [0.25, 0.3) is 21.9 Å². The minimum atomic E-state index is -1.10. The van der Waals surface area contributed by atoms with Gasteiger partial charge in [-0.05, 0) is 56.0 Å². The molecule has 1 aromatic carbocycles. The maximum absolute atomic E-state index is 12.4. The van der Waals surface area contributed by atoms with Crippen molar-refractivity contribution in [1.82, 2.24) is 14.1 Å². The normalized spacial score (nSPS) is 18.8. The summed E-state index contributed by atoms with van der Waals surface area (Å²) in [5.74, 6) is -0.221. The number of carbonyl (C=O) groups is 1. The molecule has 5 rings (SSSR count). The number of hydrogen-bond donors (Lipinski definition) is 0. The van der Waals surface area contributed by atoms with E-state index in [1.807, 2.05) is 36.5 Å². The van der Waals surface area contributed by atoms with E-state index in [0.29, 0.717) is 18.3 Å². The molecule has 184 valence electrons. The lowest BCUT2D eigenvalue weighted by molar-refractivity contribution is 0.0173. The maximum atomic E-state index is 12.4. The molecule has 3 heterocycles. The zero-order chi connectivity index (χ0) is 24.4. The Morgan fingerprint density at radius 3 is 2.54 bits per heavy atom. The van der Waals surface area contributed by atoms with E-state index < -0.39 is 8.07 Å². The highest BCUT2D eigenvalue weighted by molar-refractivity contribution is 6.76. The lowest BCUT2D eigenvalue weighted by atomic mass is 9.92. The molecule has 0 radical (unpaired) electrons. The summed E-state index contributed by atoms with van der Waals surface area (Å²) in [7, 11) is -1.10. The lowest BCUT2D eigenvalue weighted by Gasteiger charge is -2.30. The molecule has 0 bridgehead atoms. The maximum Gasteiger partial charge on any atom is 0.338 e. The van der Waals surface area contributed by atoms with Gasteiger partial charge < -0.3 is 18.6 Å². The van der Waals surface area contributed by atoms with E-state index in [9.17, 15) is 4.79 Å². The third-order valence-corrected chi connectivity index (χ3v) is 8.71. The van der Waals surface area contributed by atoms with Crippen LogP contribution in [0.5, 0.6) is 0 Å². The van der Waals surface area contributed by atoms with Crippen LogP contribution in [-0.4, -0.2) is 40.9 Å². The highest BCUT2D eigenvalue weighted by Gasteiger charge is 2.26. The van der Waals surface area contributed by atoms with Gasteiger partial charge in [-0.2, -0.15) is 0 Å². The van der Waals surface area contributed by atoms with Crippen LogP contribution in [0, 0.1) is 0 Å². The zero-order valence-electron chi connectivity index (χ0n) is 20.9. The fraction of sp³-hybridized carbons (Fsp3) is 0.429. The second-order valence-corrected chi connectivity index (χ2v) is 16.5. The molecule has 0 amide bonds. The van der Waals surface area contributed by atoms with Crippen LogP contribution in [0.2, 0.25) is 25.7 Å². The van der Waals surface area contributed by atoms with Crippen LogP contribution in [0.1, 0.15) is 42.1 Å². The molecule has 6 nitrogen and oxygen atoms in total. The van der Waals surface area contributed by atoms with Crippen molar-refractivity contribution in [3.05, 3.63) is 66.6 Å². The van der Waals surface area contributed by atoms with Gasteiger partial charge in [-0.25, -0.2) is 9.78 Å². The van der Waals surface area contributed by atoms with E-state index in [-0.39, 0.29) is 12.1 Å². The molecule has 35 heavy (non-hydrogen) atoms. The average Bonchev–Trinajstić information content (AvgIpc) is 3.46. The molecule has 0 spiro atoms. The Bertz CT molecular complexity index is 1300. The standard InChI is InChI=1S/C28H35N3O3Si/c1-35(2,3)18-17-33-20-30-15-14-25-26-22(19-29-27(25)30)13-16-31(26)23-9-11-24(12-10-23)34-28(32)21-7-5-4-6-8-21/h4-8,13-16,19,23-24H,9-12,17-18,20H2,1-3H3. The van der Waals surface area contributed by atoms with Crippen molar-refractivity contribution in [3.8, 4) is 0 Å². The van der Waals surface area contributed by atoms with Crippen molar-refractivity contribution in [1.29, 1.82) is 0 Å². The Morgan fingerprint density at radius 1 is 1.03 bits per heavy atom. The summed E-state index contributed by atoms with van der Waals surface area (Å²) in [6.07, 6.45) is 9.96. The van der Waals surface area contributed by atoms with Crippen molar-refractivity contribution in [3.63, 3.8) is 0 Å². The van der Waals surface area contributed by atoms with Crippen molar-refractivity contribution < 1.29 is 14.3 Å². The Morgan fingerprint density at radius 2 is 1.80 bits per heavy atom. The number of ether oxygens (including phenoxy) is 2. The third-order valence-electron chi connectivity index (χ3n) is 7.01. The quantitative estimate of drug-likeness (QED) is 0.158. The first-order chi connectivity index (χ1) is 16.9. The first kappa shape index (κ1) is 23.8. The molecule has 0 atom stereocenters. The molecule has 4 aromatic rings. The molecule has 0 N–H and O–H groups in total. The molecule has 1 fully saturated rings. The van der Waals surface area contributed by atoms with E-state index in [1.54, 1.807) is 0 Å². The first-order valence-electron chi connectivity index (χ1n) is 12.7. The van der Waals surface area contributed by atoms with Crippen LogP contribution < -0.4 is 0 Å². The second-order valence-electron chi connectivity index (χ2n) is 10.9. The summed E-state index contributed by atoms with van der Waals surface area (Å²) in [5, 5.41) is 2.33. The average molecular weight is 490 g/mol. The van der Waals surface area contributed by atoms with Gasteiger partial charge in [0.1, 0.15) is 18.5 Å². The Balaban J connectivity index is 1.27. The molecule has 7 heteroatoms. The van der Waals surface area contributed by atoms with Crippen LogP contribution in [0.4, 0.5) is 0 Å². The minimum Gasteiger partial charge on any atom is -0.459 e. The van der Waals surface area contributed by atoms with Gasteiger partial charge >= 0.3 is 5.97 Å². The third kappa shape index (κ3) is 5.36. The highest BCUT2D eigenvalue weighted by atomic mass is 28.3. The summed E-state index contributed by atoms with van der Waals surface area (Å²) >= 11 is 0. The Hall–Kier alpha value is -2.90. The molecule has 0 saturated heterocycles. The van der Waals surface area contributed by atoms with Crippen LogP contribution in [0.3, 0.4) is 0 Å². The summed E-state index contributed by atoms with van der Waals surface area (Å²) in [6.45, 7) is 8.44. The zero-order valence-corrected chi connectivity index (χ0v) is 21.9. The van der Waals surface area contributed by atoms with Gasteiger partial charge in [0.25, 0.3) is 0 Å². The fourth-order valence-corrected chi connectivity index (χ4v) is 5.73. The predicted octanol–water partition coefficient (Wildman–Crippen LogP) is 6.64. The highest BCUT2D eigenvalue weighted by Crippen LogP contribution is 2.35. The molecular weight excluding hydrogens is 454 g/mol. The second kappa shape index (κ2) is 9.99. The summed E-state index contributed by atoms with van der Waals surface area (Å²) in [4.78, 5) is 17.2. The van der Waals surface area contributed by atoms with Crippen LogP contribution in [0.15, 0.2) is 61.1 Å². The van der Waals surface area contributed by atoms with Gasteiger partial charge in [0, 0.05) is 50.1 Å². The van der Waals surface area contributed by atoms with Crippen LogP contribution >= 0.6 is 0 Å². The molecular formula is C28H35N3O3Si. The largest absolute Gasteiger partial charge is 0.459 e. The predicted molar refractivity (Wildman–Crippen MR) is 142 cm³/mol. The summed E-state index contributed by atoms with van der Waals surface area (Å²) < 4.78 is 16.3. The van der Waals surface area contributed by atoms with Gasteiger partial charge in [-0.1, -0.05) is 37.8 Å². The number of benzene rings is 1. The number of rotatable bonds is 8. The topological polar surface area (TPSA) is 58.3 Å². The minimum absolute atomic E-state index is 0.0168. The smallest absolute Gasteiger partial charge is 0.338 e. The first-order valence-corrected chi connectivity index (χ1v) is 16.4. The van der Waals surface area contributed by atoms with Gasteiger partial charge in [0.2, 0.25) is 0 Å². The molecule has 1 aliphatic rings.